The first-order chi connectivity index (χ1) is 8.78. The molecule has 0 fully saturated rings. The van der Waals surface area contributed by atoms with Gasteiger partial charge in [0.1, 0.15) is 5.75 Å². The summed E-state index contributed by atoms with van der Waals surface area (Å²) >= 11 is 0. The minimum Gasteiger partial charge on any atom is -0.496 e. The third-order valence-electron chi connectivity index (χ3n) is 2.67. The highest BCUT2D eigenvalue weighted by molar-refractivity contribution is 5.71. The van der Waals surface area contributed by atoms with Crippen LogP contribution in [0.4, 0.5) is 0 Å². The zero-order valence-corrected chi connectivity index (χ0v) is 10.1. The molecule has 0 aliphatic carbocycles. The van der Waals surface area contributed by atoms with Crippen LogP contribution in [-0.4, -0.2) is 12.1 Å². The van der Waals surface area contributed by atoms with Gasteiger partial charge in [-0.2, -0.15) is 5.26 Å². The molecular weight excluding hydrogens is 226 g/mol. The van der Waals surface area contributed by atoms with Gasteiger partial charge < -0.3 is 10.5 Å². The van der Waals surface area contributed by atoms with E-state index in [2.05, 4.69) is 11.1 Å². The topological polar surface area (TPSA) is 71.9 Å². The molecule has 90 valence electrons. The molecule has 0 bridgehead atoms. The molecule has 0 atom stereocenters. The van der Waals surface area contributed by atoms with Crippen LogP contribution < -0.4 is 10.5 Å². The van der Waals surface area contributed by atoms with E-state index in [1.807, 2.05) is 6.07 Å². The minimum atomic E-state index is 0.432. The number of hydrogen-bond acceptors (Lipinski definition) is 4. The molecule has 2 aromatic rings. The monoisotopic (exact) mass is 239 g/mol. The van der Waals surface area contributed by atoms with Gasteiger partial charge in [0.15, 0.2) is 0 Å². The fourth-order valence-electron chi connectivity index (χ4n) is 1.75. The van der Waals surface area contributed by atoms with Gasteiger partial charge in [-0.25, -0.2) is 0 Å². The molecule has 0 radical (unpaired) electrons. The van der Waals surface area contributed by atoms with Crippen LogP contribution in [-0.2, 0) is 6.54 Å². The quantitative estimate of drug-likeness (QED) is 0.890. The summed E-state index contributed by atoms with van der Waals surface area (Å²) in [5.74, 6) is 0.713. The summed E-state index contributed by atoms with van der Waals surface area (Å²) in [7, 11) is 1.60. The Balaban J connectivity index is 2.57. The van der Waals surface area contributed by atoms with E-state index in [4.69, 9.17) is 15.7 Å². The van der Waals surface area contributed by atoms with Crippen molar-refractivity contribution in [2.45, 2.75) is 6.54 Å². The van der Waals surface area contributed by atoms with Crippen molar-refractivity contribution >= 4 is 0 Å². The number of ether oxygens (including phenoxy) is 1. The largest absolute Gasteiger partial charge is 0.496 e. The molecule has 0 saturated carbocycles. The van der Waals surface area contributed by atoms with Gasteiger partial charge in [0.2, 0.25) is 0 Å². The fraction of sp³-hybridized carbons (Fsp3) is 0.143. The summed E-state index contributed by atoms with van der Waals surface area (Å²) in [6.45, 7) is 0.432. The number of rotatable bonds is 3. The van der Waals surface area contributed by atoms with E-state index in [1.165, 1.54) is 0 Å². The van der Waals surface area contributed by atoms with E-state index in [-0.39, 0.29) is 0 Å². The molecule has 1 aromatic heterocycles. The third kappa shape index (κ3) is 2.31. The van der Waals surface area contributed by atoms with Crippen molar-refractivity contribution < 1.29 is 4.74 Å². The van der Waals surface area contributed by atoms with Crippen LogP contribution in [0, 0.1) is 11.3 Å². The van der Waals surface area contributed by atoms with Crippen LogP contribution in [0.15, 0.2) is 36.7 Å². The van der Waals surface area contributed by atoms with Crippen LogP contribution in [0.1, 0.15) is 11.1 Å². The van der Waals surface area contributed by atoms with Crippen LogP contribution >= 0.6 is 0 Å². The van der Waals surface area contributed by atoms with Crippen LogP contribution in [0.5, 0.6) is 5.75 Å². The van der Waals surface area contributed by atoms with Crippen molar-refractivity contribution in [1.82, 2.24) is 4.98 Å². The van der Waals surface area contributed by atoms with Gasteiger partial charge in [-0.3, -0.25) is 4.98 Å². The lowest BCUT2D eigenvalue weighted by Gasteiger charge is -2.09. The Bertz CT molecular complexity index is 602. The summed E-state index contributed by atoms with van der Waals surface area (Å²) in [6, 6.07) is 9.36. The molecule has 18 heavy (non-hydrogen) atoms. The highest BCUT2D eigenvalue weighted by Gasteiger charge is 2.08. The molecule has 4 nitrogen and oxygen atoms in total. The summed E-state index contributed by atoms with van der Waals surface area (Å²) in [5.41, 5.74) is 8.87. The van der Waals surface area contributed by atoms with Crippen LogP contribution in [0.3, 0.4) is 0 Å². The Morgan fingerprint density at radius 3 is 2.83 bits per heavy atom. The molecule has 2 rings (SSSR count). The lowest BCUT2D eigenvalue weighted by molar-refractivity contribution is 0.416. The molecule has 0 saturated heterocycles. The standard InChI is InChI=1S/C14H13N3O/c1-18-14-3-2-10(6-15)5-13(14)12-4-11(7-16)8-17-9-12/h2-5,8-9H,7,16H2,1H3. The molecule has 2 N–H and O–H groups in total. The minimum absolute atomic E-state index is 0.432. The number of nitrogens with zero attached hydrogens (tertiary/aromatic N) is 2. The number of benzene rings is 1. The van der Waals surface area contributed by atoms with Crippen molar-refractivity contribution in [2.75, 3.05) is 7.11 Å². The first-order valence-electron chi connectivity index (χ1n) is 5.51. The maximum Gasteiger partial charge on any atom is 0.126 e. The van der Waals surface area contributed by atoms with Gasteiger partial charge in [0, 0.05) is 30.1 Å². The predicted molar refractivity (Wildman–Crippen MR) is 68.8 cm³/mol. The van der Waals surface area contributed by atoms with Gasteiger partial charge >= 0.3 is 0 Å². The fourth-order valence-corrected chi connectivity index (χ4v) is 1.75. The molecule has 1 aromatic carbocycles. The number of aromatic nitrogens is 1. The smallest absolute Gasteiger partial charge is 0.126 e. The van der Waals surface area contributed by atoms with Gasteiger partial charge in [-0.15, -0.1) is 0 Å². The Morgan fingerprint density at radius 1 is 1.33 bits per heavy atom. The molecular formula is C14H13N3O. The predicted octanol–water partition coefficient (Wildman–Crippen LogP) is 2.09. The molecule has 4 heteroatoms. The molecule has 0 spiro atoms. The Kier molecular flexibility index (Phi) is 3.56. The lowest BCUT2D eigenvalue weighted by Crippen LogP contribution is -1.97. The van der Waals surface area contributed by atoms with Gasteiger partial charge in [-0.1, -0.05) is 0 Å². The van der Waals surface area contributed by atoms with Gasteiger partial charge in [0.05, 0.1) is 18.7 Å². The van der Waals surface area contributed by atoms with E-state index in [1.54, 1.807) is 37.7 Å². The second-order valence-corrected chi connectivity index (χ2v) is 3.81. The first kappa shape index (κ1) is 12.1. The Morgan fingerprint density at radius 2 is 2.17 bits per heavy atom. The van der Waals surface area contributed by atoms with Gasteiger partial charge in [0.25, 0.3) is 0 Å². The summed E-state index contributed by atoms with van der Waals surface area (Å²) in [5, 5.41) is 8.95. The first-order valence-corrected chi connectivity index (χ1v) is 5.51. The maximum absolute atomic E-state index is 8.95. The highest BCUT2D eigenvalue weighted by Crippen LogP contribution is 2.30. The summed E-state index contributed by atoms with van der Waals surface area (Å²) in [4.78, 5) is 4.14. The molecule has 0 aliphatic heterocycles. The average Bonchev–Trinajstić information content (AvgIpc) is 2.46. The van der Waals surface area contributed by atoms with Crippen LogP contribution in [0.2, 0.25) is 0 Å². The number of pyridine rings is 1. The Hall–Kier alpha value is -2.38. The molecule has 0 aliphatic rings. The van der Waals surface area contributed by atoms with Crippen molar-refractivity contribution in [1.29, 1.82) is 5.26 Å². The number of nitriles is 1. The molecule has 0 amide bonds. The zero-order valence-electron chi connectivity index (χ0n) is 10.1. The van der Waals surface area contributed by atoms with E-state index in [0.717, 1.165) is 16.7 Å². The summed E-state index contributed by atoms with van der Waals surface area (Å²) < 4.78 is 5.30. The van der Waals surface area contributed by atoms with Gasteiger partial charge in [-0.05, 0) is 29.8 Å². The number of hydrogen-bond donors (Lipinski definition) is 1. The highest BCUT2D eigenvalue weighted by atomic mass is 16.5. The van der Waals surface area contributed by atoms with Crippen molar-refractivity contribution in [3.05, 3.63) is 47.8 Å². The second-order valence-electron chi connectivity index (χ2n) is 3.81. The van der Waals surface area contributed by atoms with Crippen molar-refractivity contribution in [2.24, 2.45) is 5.73 Å². The van der Waals surface area contributed by atoms with E-state index in [9.17, 15) is 0 Å². The van der Waals surface area contributed by atoms with E-state index < -0.39 is 0 Å². The maximum atomic E-state index is 8.95. The molecule has 1 heterocycles. The number of methoxy groups -OCH3 is 1. The van der Waals surface area contributed by atoms with Crippen LogP contribution in [0.25, 0.3) is 11.1 Å². The average molecular weight is 239 g/mol. The number of nitrogens with two attached hydrogens (primary N) is 1. The molecule has 0 unspecified atom stereocenters. The Labute approximate surface area is 106 Å². The van der Waals surface area contributed by atoms with E-state index >= 15 is 0 Å². The van der Waals surface area contributed by atoms with E-state index in [0.29, 0.717) is 17.9 Å². The lowest BCUT2D eigenvalue weighted by atomic mass is 10.0. The third-order valence-corrected chi connectivity index (χ3v) is 2.67. The van der Waals surface area contributed by atoms with Crippen molar-refractivity contribution in [3.63, 3.8) is 0 Å². The zero-order chi connectivity index (χ0) is 13.0. The summed E-state index contributed by atoms with van der Waals surface area (Å²) in [6.07, 6.45) is 3.46. The second kappa shape index (κ2) is 5.30. The normalized spacial score (nSPS) is 9.83. The SMILES string of the molecule is COc1ccc(C#N)cc1-c1cncc(CN)c1. The van der Waals surface area contributed by atoms with Crippen molar-refractivity contribution in [3.8, 4) is 22.9 Å².